The van der Waals surface area contributed by atoms with E-state index in [2.05, 4.69) is 10.6 Å². The lowest BCUT2D eigenvalue weighted by Crippen LogP contribution is -2.45. The first-order valence-corrected chi connectivity index (χ1v) is 5.40. The van der Waals surface area contributed by atoms with E-state index in [1.807, 2.05) is 0 Å². The molecule has 6 heteroatoms. The van der Waals surface area contributed by atoms with Gasteiger partial charge in [0.05, 0.1) is 0 Å². The summed E-state index contributed by atoms with van der Waals surface area (Å²) in [5, 5.41) is 6.36. The molecule has 4 nitrogen and oxygen atoms in total. The van der Waals surface area contributed by atoms with Crippen molar-refractivity contribution in [2.75, 3.05) is 13.1 Å². The van der Waals surface area contributed by atoms with Crippen LogP contribution in [0.2, 0.25) is 5.22 Å². The van der Waals surface area contributed by atoms with Gasteiger partial charge in [-0.25, -0.2) is 0 Å². The highest BCUT2D eigenvalue weighted by Gasteiger charge is 2.18. The number of rotatable bonds is 2. The fraction of sp³-hybridized carbons (Fsp3) is 0.500. The lowest BCUT2D eigenvalue weighted by atomic mass is 10.1. The summed E-state index contributed by atoms with van der Waals surface area (Å²) in [5.74, 6) is 0.0705. The summed E-state index contributed by atoms with van der Waals surface area (Å²) in [4.78, 5) is 11.6. The lowest BCUT2D eigenvalue weighted by molar-refractivity contribution is 0.0902. The monoisotopic (exact) mass is 264 g/mol. The van der Waals surface area contributed by atoms with Gasteiger partial charge in [-0.15, -0.1) is 12.4 Å². The van der Waals surface area contributed by atoms with Crippen LogP contribution in [0.4, 0.5) is 0 Å². The van der Waals surface area contributed by atoms with Gasteiger partial charge in [0.25, 0.3) is 5.91 Å². The number of amides is 1. The van der Waals surface area contributed by atoms with Crippen LogP contribution in [0.25, 0.3) is 0 Å². The maximum atomic E-state index is 11.6. The average Bonchev–Trinajstić information content (AvgIpc) is 2.66. The van der Waals surface area contributed by atoms with Crippen LogP contribution < -0.4 is 10.6 Å². The number of nitrogens with one attached hydrogen (secondary N) is 2. The van der Waals surface area contributed by atoms with E-state index in [4.69, 9.17) is 16.0 Å². The van der Waals surface area contributed by atoms with Gasteiger partial charge in [0.1, 0.15) is 0 Å². The molecule has 0 aliphatic carbocycles. The molecule has 1 atom stereocenters. The summed E-state index contributed by atoms with van der Waals surface area (Å²) < 4.78 is 5.02. The Bertz CT molecular complexity index is 348. The molecular formula is C10H14Cl2N2O2. The molecule has 2 rings (SSSR count). The molecular weight excluding hydrogens is 251 g/mol. The number of carbonyl (C=O) groups excluding carboxylic acids is 1. The molecule has 90 valence electrons. The number of halogens is 2. The highest BCUT2D eigenvalue weighted by atomic mass is 35.5. The van der Waals surface area contributed by atoms with Crippen LogP contribution in [0.15, 0.2) is 16.5 Å². The third-order valence-corrected chi connectivity index (χ3v) is 2.63. The van der Waals surface area contributed by atoms with E-state index in [0.29, 0.717) is 0 Å². The number of carbonyl (C=O) groups is 1. The maximum Gasteiger partial charge on any atom is 0.287 e. The normalized spacial score (nSPS) is 19.9. The van der Waals surface area contributed by atoms with Gasteiger partial charge in [-0.1, -0.05) is 0 Å². The van der Waals surface area contributed by atoms with Crippen LogP contribution in [0.1, 0.15) is 23.4 Å². The Hall–Kier alpha value is -0.710. The topological polar surface area (TPSA) is 54.3 Å². The second kappa shape index (κ2) is 6.13. The molecule has 1 fully saturated rings. The van der Waals surface area contributed by atoms with E-state index < -0.39 is 0 Å². The SMILES string of the molecule is Cl.O=C(N[C@H]1CCCNC1)c1ccc(Cl)o1. The second-order valence-corrected chi connectivity index (χ2v) is 3.99. The number of hydrogen-bond donors (Lipinski definition) is 2. The van der Waals surface area contributed by atoms with Gasteiger partial charge in [0.2, 0.25) is 0 Å². The highest BCUT2D eigenvalue weighted by molar-refractivity contribution is 6.29. The molecule has 1 saturated heterocycles. The molecule has 1 aromatic heterocycles. The summed E-state index contributed by atoms with van der Waals surface area (Å²) in [7, 11) is 0. The van der Waals surface area contributed by atoms with Gasteiger partial charge < -0.3 is 15.1 Å². The van der Waals surface area contributed by atoms with E-state index >= 15 is 0 Å². The molecule has 0 unspecified atom stereocenters. The predicted molar refractivity (Wildman–Crippen MR) is 64.3 cm³/mol. The third-order valence-electron chi connectivity index (χ3n) is 2.43. The molecule has 0 bridgehead atoms. The number of hydrogen-bond acceptors (Lipinski definition) is 3. The minimum absolute atomic E-state index is 0. The van der Waals surface area contributed by atoms with Crippen LogP contribution in [-0.4, -0.2) is 25.0 Å². The van der Waals surface area contributed by atoms with Gasteiger partial charge >= 0.3 is 0 Å². The van der Waals surface area contributed by atoms with Crippen molar-refractivity contribution >= 4 is 29.9 Å². The van der Waals surface area contributed by atoms with Gasteiger partial charge in [0, 0.05) is 12.6 Å². The van der Waals surface area contributed by atoms with Gasteiger partial charge in [-0.05, 0) is 43.1 Å². The minimum Gasteiger partial charge on any atom is -0.440 e. The van der Waals surface area contributed by atoms with Crippen molar-refractivity contribution in [2.45, 2.75) is 18.9 Å². The zero-order valence-electron chi connectivity index (χ0n) is 8.66. The van der Waals surface area contributed by atoms with Gasteiger partial charge in [-0.3, -0.25) is 4.79 Å². The van der Waals surface area contributed by atoms with Crippen LogP contribution >= 0.6 is 24.0 Å². The second-order valence-electron chi connectivity index (χ2n) is 3.62. The Labute approximate surface area is 105 Å². The van der Waals surface area contributed by atoms with Gasteiger partial charge in [0.15, 0.2) is 11.0 Å². The maximum absolute atomic E-state index is 11.6. The standard InChI is InChI=1S/C10H13ClN2O2.ClH/c11-9-4-3-8(15-9)10(14)13-7-2-1-5-12-6-7;/h3-4,7,12H,1-2,5-6H2,(H,13,14);1H/t7-;/m0./s1. The fourth-order valence-corrected chi connectivity index (χ4v) is 1.81. The Morgan fingerprint density at radius 3 is 2.94 bits per heavy atom. The molecule has 0 saturated carbocycles. The molecule has 1 aliphatic rings. The van der Waals surface area contributed by atoms with E-state index in [1.54, 1.807) is 12.1 Å². The summed E-state index contributed by atoms with van der Waals surface area (Å²) in [6.45, 7) is 1.85. The molecule has 16 heavy (non-hydrogen) atoms. The number of piperidine rings is 1. The van der Waals surface area contributed by atoms with Crippen LogP contribution in [0.3, 0.4) is 0 Å². The van der Waals surface area contributed by atoms with E-state index in [0.717, 1.165) is 25.9 Å². The largest absolute Gasteiger partial charge is 0.440 e. The molecule has 1 aromatic rings. The summed E-state index contributed by atoms with van der Waals surface area (Å²) in [5.41, 5.74) is 0. The summed E-state index contributed by atoms with van der Waals surface area (Å²) >= 11 is 5.59. The van der Waals surface area contributed by atoms with Crippen molar-refractivity contribution in [3.63, 3.8) is 0 Å². The van der Waals surface area contributed by atoms with E-state index in [1.165, 1.54) is 0 Å². The Morgan fingerprint density at radius 2 is 2.38 bits per heavy atom. The Kier molecular flexibility index (Phi) is 5.12. The number of furan rings is 1. The molecule has 2 heterocycles. The molecule has 1 aliphatic heterocycles. The first-order chi connectivity index (χ1) is 7.25. The van der Waals surface area contributed by atoms with Crippen LogP contribution in [0, 0.1) is 0 Å². The van der Waals surface area contributed by atoms with Crippen LogP contribution in [0.5, 0.6) is 0 Å². The first kappa shape index (κ1) is 13.4. The molecule has 0 aromatic carbocycles. The van der Waals surface area contributed by atoms with Crippen molar-refractivity contribution in [3.05, 3.63) is 23.1 Å². The summed E-state index contributed by atoms with van der Waals surface area (Å²) in [6, 6.07) is 3.33. The van der Waals surface area contributed by atoms with Crippen molar-refractivity contribution in [1.82, 2.24) is 10.6 Å². The van der Waals surface area contributed by atoms with Gasteiger partial charge in [-0.2, -0.15) is 0 Å². The fourth-order valence-electron chi connectivity index (χ4n) is 1.67. The zero-order chi connectivity index (χ0) is 10.7. The van der Waals surface area contributed by atoms with Crippen molar-refractivity contribution < 1.29 is 9.21 Å². The average molecular weight is 265 g/mol. The highest BCUT2D eigenvalue weighted by Crippen LogP contribution is 2.13. The molecule has 0 radical (unpaired) electrons. The van der Waals surface area contributed by atoms with E-state index in [-0.39, 0.29) is 35.3 Å². The first-order valence-electron chi connectivity index (χ1n) is 5.02. The van der Waals surface area contributed by atoms with E-state index in [9.17, 15) is 4.79 Å². The van der Waals surface area contributed by atoms with Crippen molar-refractivity contribution in [2.24, 2.45) is 0 Å². The molecule has 2 N–H and O–H groups in total. The minimum atomic E-state index is -0.199. The molecule has 0 spiro atoms. The predicted octanol–water partition coefficient (Wildman–Crippen LogP) is 1.84. The Balaban J connectivity index is 0.00000128. The summed E-state index contributed by atoms with van der Waals surface area (Å²) in [6.07, 6.45) is 2.09. The zero-order valence-corrected chi connectivity index (χ0v) is 10.2. The van der Waals surface area contributed by atoms with Crippen molar-refractivity contribution in [3.8, 4) is 0 Å². The quantitative estimate of drug-likeness (QED) is 0.857. The third kappa shape index (κ3) is 3.40. The van der Waals surface area contributed by atoms with Crippen LogP contribution in [-0.2, 0) is 0 Å². The van der Waals surface area contributed by atoms with Crippen molar-refractivity contribution in [1.29, 1.82) is 0 Å². The lowest BCUT2D eigenvalue weighted by Gasteiger charge is -2.23. The Morgan fingerprint density at radius 1 is 1.56 bits per heavy atom. The molecule has 1 amide bonds. The smallest absolute Gasteiger partial charge is 0.287 e.